The third-order valence-electron chi connectivity index (χ3n) is 13.8. The van der Waals surface area contributed by atoms with Gasteiger partial charge in [-0.15, -0.1) is 0 Å². The predicted molar refractivity (Wildman–Crippen MR) is 294 cm³/mol. The second-order valence-corrected chi connectivity index (χ2v) is 43.7. The van der Waals surface area contributed by atoms with E-state index in [0.29, 0.717) is 47.3 Å². The highest BCUT2D eigenvalue weighted by Gasteiger charge is 2.41. The van der Waals surface area contributed by atoms with Crippen molar-refractivity contribution < 1.29 is 0 Å². The van der Waals surface area contributed by atoms with E-state index in [2.05, 4.69) is 220 Å². The molecule has 0 spiro atoms. The molecule has 0 aliphatic carbocycles. The van der Waals surface area contributed by atoms with Gasteiger partial charge in [0.25, 0.3) is 0 Å². The molecule has 0 N–H and O–H groups in total. The van der Waals surface area contributed by atoms with E-state index in [1.54, 1.807) is 32.9 Å². The molecule has 0 radical (unpaired) electrons. The van der Waals surface area contributed by atoms with Gasteiger partial charge in [0, 0.05) is 10.6 Å². The highest BCUT2D eigenvalue weighted by molar-refractivity contribution is 9.09. The zero-order chi connectivity index (χ0) is 46.0. The zero-order valence-electron chi connectivity index (χ0n) is 41.8. The average Bonchev–Trinajstić information content (AvgIpc) is 4.18. The van der Waals surface area contributed by atoms with Crippen molar-refractivity contribution in [2.24, 2.45) is 0 Å². The number of hydrogen-bond acceptors (Lipinski definition) is 0. The minimum absolute atomic E-state index is 0.115. The van der Waals surface area contributed by atoms with Crippen LogP contribution in [0.25, 0.3) is 55.1 Å². The first kappa shape index (κ1) is 47.0. The maximum atomic E-state index is 2.55. The fourth-order valence-corrected chi connectivity index (χ4v) is 61.7. The first-order valence-electron chi connectivity index (χ1n) is 24.5. The summed E-state index contributed by atoms with van der Waals surface area (Å²) in [5, 5.41) is 3.49. The van der Waals surface area contributed by atoms with Crippen molar-refractivity contribution in [2.45, 2.75) is 158 Å². The van der Waals surface area contributed by atoms with E-state index in [0.717, 1.165) is 0 Å². The summed E-state index contributed by atoms with van der Waals surface area (Å²) in [7, 11) is 0. The molecule has 0 bridgehead atoms. The van der Waals surface area contributed by atoms with Crippen LogP contribution in [0, 0.1) is 0 Å². The fraction of sp³-hybridized carbons (Fsp3) is 0.400. The van der Waals surface area contributed by atoms with Crippen molar-refractivity contribution in [2.75, 3.05) is 0 Å². The lowest BCUT2D eigenvalue weighted by Crippen LogP contribution is -2.03. The van der Waals surface area contributed by atoms with Crippen molar-refractivity contribution >= 4 is 26.5 Å². The third-order valence-corrected chi connectivity index (χ3v) is 51.1. The van der Waals surface area contributed by atoms with E-state index in [1.165, 1.54) is 66.8 Å². The Kier molecular flexibility index (Phi) is 13.7. The maximum Gasteiger partial charge on any atom is 0.0227 e. The molecule has 8 aromatic rings. The van der Waals surface area contributed by atoms with Gasteiger partial charge in [0.1, 0.15) is 0 Å². The zero-order valence-corrected chi connectivity index (χ0v) is 45.4. The molecular weight excluding hydrogens is 845 g/mol. The Balaban J connectivity index is 1.51. The molecule has 64 heavy (non-hydrogen) atoms. The first-order chi connectivity index (χ1) is 30.5. The minimum atomic E-state index is -0.273. The second kappa shape index (κ2) is 18.7. The van der Waals surface area contributed by atoms with E-state index in [4.69, 9.17) is 0 Å². The van der Waals surface area contributed by atoms with Crippen LogP contribution in [0.1, 0.15) is 203 Å². The summed E-state index contributed by atoms with van der Waals surface area (Å²) in [4.78, 5) is 0. The van der Waals surface area contributed by atoms with E-state index >= 15 is 0 Å². The Labute approximate surface area is 391 Å². The van der Waals surface area contributed by atoms with E-state index in [1.807, 2.05) is 0 Å². The molecule has 0 saturated carbocycles. The molecule has 0 atom stereocenters. The Morgan fingerprint density at radius 2 is 0.391 bits per heavy atom. The van der Waals surface area contributed by atoms with Gasteiger partial charge in [0.2, 0.25) is 0 Å². The molecule has 0 aliphatic heterocycles. The minimum Gasteiger partial charge on any atom is -0.0617 e. The van der Waals surface area contributed by atoms with Crippen LogP contribution in [0.5, 0.6) is 0 Å². The molecule has 0 aliphatic rings. The smallest absolute Gasteiger partial charge is 0.0227 e. The molecule has 0 fully saturated rings. The van der Waals surface area contributed by atoms with Gasteiger partial charge in [-0.1, -0.05) is 220 Å². The first-order valence-corrected chi connectivity index (χ1v) is 33.4. The van der Waals surface area contributed by atoms with Crippen LogP contribution in [-0.4, -0.2) is 0 Å². The lowest BCUT2D eigenvalue weighted by atomic mass is 9.82. The van der Waals surface area contributed by atoms with Crippen LogP contribution in [0.3, 0.4) is 0 Å². The Hall–Kier alpha value is -3.48. The molecule has 0 unspecified atom stereocenters. The molecule has 2 heterocycles. The van der Waals surface area contributed by atoms with Crippen LogP contribution in [0.2, 0.25) is 0 Å². The van der Waals surface area contributed by atoms with E-state index in [-0.39, 0.29) is 26.5 Å². The molecule has 8 rings (SSSR count). The van der Waals surface area contributed by atoms with E-state index < -0.39 is 0 Å². The summed E-state index contributed by atoms with van der Waals surface area (Å²) in [6.07, 6.45) is -0.229. The van der Waals surface area contributed by atoms with Crippen molar-refractivity contribution in [3.63, 3.8) is 0 Å². The van der Waals surface area contributed by atoms with Crippen molar-refractivity contribution in [3.8, 4) is 55.1 Å². The average molecular weight is 919 g/mol. The lowest BCUT2D eigenvalue weighted by Gasteiger charge is -2.27. The largest absolute Gasteiger partial charge is 0.0617 e. The molecule has 0 amide bonds. The number of fused-ring (bicyclic) bond motifs is 1. The molecular formula is C60H74P4. The molecule has 4 heteroatoms. The highest BCUT2D eigenvalue weighted by Crippen LogP contribution is 3.14. The summed E-state index contributed by atoms with van der Waals surface area (Å²) >= 11 is 0. The van der Waals surface area contributed by atoms with Gasteiger partial charge in [0.15, 0.2) is 0 Å². The summed E-state index contributed by atoms with van der Waals surface area (Å²) < 4.78 is 0. The topological polar surface area (TPSA) is 0 Å². The van der Waals surface area contributed by atoms with Crippen LogP contribution in [0.15, 0.2) is 109 Å². The van der Waals surface area contributed by atoms with Crippen molar-refractivity contribution in [3.05, 3.63) is 154 Å². The van der Waals surface area contributed by atoms with Crippen LogP contribution in [-0.2, 0) is 0 Å². The Morgan fingerprint density at radius 3 is 0.547 bits per heavy atom. The van der Waals surface area contributed by atoms with Gasteiger partial charge < -0.3 is 0 Å². The molecule has 0 nitrogen and oxygen atoms in total. The quantitative estimate of drug-likeness (QED) is 0.102. The van der Waals surface area contributed by atoms with Gasteiger partial charge in [-0.25, -0.2) is 0 Å². The summed E-state index contributed by atoms with van der Waals surface area (Å²) in [6.45, 7) is 38.0. The van der Waals surface area contributed by atoms with Crippen LogP contribution >= 0.6 is 26.5 Å². The van der Waals surface area contributed by atoms with Gasteiger partial charge in [0.05, 0.1) is 0 Å². The SMILES string of the molecule is CC(C)c1cccc(C(C)C)c1-c1cccc(-c2c(C(C)C)cccc2C(C)C)c1-p1p2p(-c3c(-c4c(C(C)C)cccc4C(C)C)cccc3-c3c(C(C)C)cccc3C(C)C)p12. The normalized spacial score (nSPS) is 13.7. The van der Waals surface area contributed by atoms with Gasteiger partial charge in [-0.05, 0) is 163 Å². The monoisotopic (exact) mass is 918 g/mol. The van der Waals surface area contributed by atoms with Gasteiger partial charge in [-0.2, -0.15) is 0 Å². The Bertz CT molecular complexity index is 2420. The Morgan fingerprint density at radius 1 is 0.234 bits per heavy atom. The fourth-order valence-electron chi connectivity index (χ4n) is 10.5. The molecule has 334 valence electrons. The number of benzene rings is 6. The van der Waals surface area contributed by atoms with E-state index in [9.17, 15) is 0 Å². The van der Waals surface area contributed by atoms with Crippen LogP contribution < -0.4 is 0 Å². The summed E-state index contributed by atoms with van der Waals surface area (Å²) in [5.41, 5.74) is 24.3. The molecule has 2 aromatic heterocycles. The standard InChI is InChI=1S/C60H74P4/c1-35(2)43-23-17-24-44(36(3)4)55(43)51-31-21-32-52(56-45(37(5)6)25-18-26-46(56)38(7)8)59(51)61-63-62(64(61)63)60-53(57-47(39(9)10)27-19-28-48(57)40(11)12)33-22-34-54(60)58-49(41(13)14)29-20-30-50(58)42(15)16/h17-42H,1-16H3. The van der Waals surface area contributed by atoms with Crippen molar-refractivity contribution in [1.29, 1.82) is 0 Å². The molecule has 0 saturated heterocycles. The molecule has 6 aromatic carbocycles. The van der Waals surface area contributed by atoms with Gasteiger partial charge >= 0.3 is 0 Å². The third kappa shape index (κ3) is 8.32. The van der Waals surface area contributed by atoms with Gasteiger partial charge in [-0.3, -0.25) is 0 Å². The number of rotatable bonds is 14. The lowest BCUT2D eigenvalue weighted by molar-refractivity contribution is 0.837. The van der Waals surface area contributed by atoms with Crippen LogP contribution in [0.4, 0.5) is 0 Å². The predicted octanol–water partition coefficient (Wildman–Crippen LogP) is 22.5. The maximum absolute atomic E-state index is 2.55. The van der Waals surface area contributed by atoms with Crippen molar-refractivity contribution in [1.82, 2.24) is 0 Å². The summed E-state index contributed by atoms with van der Waals surface area (Å²) in [5.74, 6) is 3.53. The number of hydrogen-bond donors (Lipinski definition) is 0. The summed E-state index contributed by atoms with van der Waals surface area (Å²) in [6, 6.07) is 43.9. The highest BCUT2D eigenvalue weighted by atomic mass is 33.1. The second-order valence-electron chi connectivity index (χ2n) is 21.0.